The number of carbonyl (C=O) groups excluding carboxylic acids is 2. The van der Waals surface area contributed by atoms with Crippen LogP contribution in [0.2, 0.25) is 0 Å². The number of benzene rings is 1. The number of rotatable bonds is 7. The highest BCUT2D eigenvalue weighted by atomic mass is 16.5. The van der Waals surface area contributed by atoms with Crippen LogP contribution >= 0.6 is 0 Å². The highest BCUT2D eigenvalue weighted by molar-refractivity contribution is 5.76. The Morgan fingerprint density at radius 3 is 2.40 bits per heavy atom. The molecule has 0 amide bonds. The van der Waals surface area contributed by atoms with E-state index in [1.807, 2.05) is 44.9 Å². The van der Waals surface area contributed by atoms with Gasteiger partial charge in [0.1, 0.15) is 12.9 Å². The van der Waals surface area contributed by atoms with Crippen LogP contribution in [-0.4, -0.2) is 32.5 Å². The summed E-state index contributed by atoms with van der Waals surface area (Å²) in [6.07, 6.45) is 1.58. The summed E-state index contributed by atoms with van der Waals surface area (Å²) >= 11 is 0. The molecule has 4 nitrogen and oxygen atoms in total. The highest BCUT2D eigenvalue weighted by Crippen LogP contribution is 2.21. The Labute approximate surface area is 120 Å². The number of hydrogen-bond donors (Lipinski definition) is 0. The van der Waals surface area contributed by atoms with Crippen molar-refractivity contribution in [3.05, 3.63) is 29.8 Å². The summed E-state index contributed by atoms with van der Waals surface area (Å²) in [6, 6.07) is 7.29. The van der Waals surface area contributed by atoms with Gasteiger partial charge in [-0.05, 0) is 44.5 Å². The predicted octanol–water partition coefficient (Wildman–Crippen LogP) is 2.91. The topological polar surface area (TPSA) is 46.6 Å². The summed E-state index contributed by atoms with van der Waals surface area (Å²) in [5, 5.41) is 0. The Kier molecular flexibility index (Phi) is 5.74. The van der Waals surface area contributed by atoms with E-state index in [0.29, 0.717) is 18.7 Å². The normalized spacial score (nSPS) is 11.0. The second kappa shape index (κ2) is 7.08. The summed E-state index contributed by atoms with van der Waals surface area (Å²) in [5.74, 6) is -0.162. The fourth-order valence-electron chi connectivity index (χ4n) is 1.55. The minimum absolute atomic E-state index is 0.162. The number of likely N-dealkylation sites (N-methyl/N-ethyl adjacent to an activating group) is 1. The molecule has 1 aromatic carbocycles. The van der Waals surface area contributed by atoms with Gasteiger partial charge in [-0.1, -0.05) is 6.92 Å². The minimum atomic E-state index is -0.426. The molecular formula is C16H23NO3. The van der Waals surface area contributed by atoms with Crippen molar-refractivity contribution in [1.29, 1.82) is 0 Å². The third-order valence-corrected chi connectivity index (χ3v) is 3.57. The van der Waals surface area contributed by atoms with Gasteiger partial charge in [-0.3, -0.25) is 9.59 Å². The van der Waals surface area contributed by atoms with Gasteiger partial charge in [0, 0.05) is 18.3 Å². The van der Waals surface area contributed by atoms with Crippen molar-refractivity contribution in [2.24, 2.45) is 5.41 Å². The summed E-state index contributed by atoms with van der Waals surface area (Å²) < 4.78 is 5.30. The first kappa shape index (κ1) is 16.2. The van der Waals surface area contributed by atoms with E-state index in [2.05, 4.69) is 0 Å². The molecule has 1 aromatic rings. The van der Waals surface area contributed by atoms with E-state index >= 15 is 0 Å². The number of aldehydes is 1. The average Bonchev–Trinajstić information content (AvgIpc) is 2.47. The SMILES string of the molecule is CCC(C)(C)C(=O)OCCN(C)c1ccc(C=O)cc1. The van der Waals surface area contributed by atoms with E-state index in [1.165, 1.54) is 0 Å². The second-order valence-corrected chi connectivity index (χ2v) is 5.50. The van der Waals surface area contributed by atoms with Gasteiger partial charge in [0.05, 0.1) is 12.0 Å². The summed E-state index contributed by atoms with van der Waals surface area (Å²) in [4.78, 5) is 24.4. The van der Waals surface area contributed by atoms with E-state index in [0.717, 1.165) is 18.4 Å². The predicted molar refractivity (Wildman–Crippen MR) is 80.1 cm³/mol. The van der Waals surface area contributed by atoms with E-state index in [1.54, 1.807) is 12.1 Å². The van der Waals surface area contributed by atoms with Crippen LogP contribution in [0.3, 0.4) is 0 Å². The molecule has 0 aliphatic carbocycles. The second-order valence-electron chi connectivity index (χ2n) is 5.50. The van der Waals surface area contributed by atoms with Crippen molar-refractivity contribution in [2.45, 2.75) is 27.2 Å². The van der Waals surface area contributed by atoms with Crippen LogP contribution in [0.1, 0.15) is 37.6 Å². The van der Waals surface area contributed by atoms with Crippen LogP contribution in [0.5, 0.6) is 0 Å². The van der Waals surface area contributed by atoms with Crippen LogP contribution in [0.25, 0.3) is 0 Å². The van der Waals surface area contributed by atoms with E-state index < -0.39 is 5.41 Å². The standard InChI is InChI=1S/C16H23NO3/c1-5-16(2,3)15(19)20-11-10-17(4)14-8-6-13(12-18)7-9-14/h6-9,12H,5,10-11H2,1-4H3. The first-order valence-corrected chi connectivity index (χ1v) is 6.84. The van der Waals surface area contributed by atoms with Crippen molar-refractivity contribution >= 4 is 17.9 Å². The number of hydrogen-bond acceptors (Lipinski definition) is 4. The summed E-state index contributed by atoms with van der Waals surface area (Å²) in [7, 11) is 1.93. The van der Waals surface area contributed by atoms with Gasteiger partial charge in [0.15, 0.2) is 0 Å². The molecule has 0 heterocycles. The number of esters is 1. The Bertz CT molecular complexity index is 451. The lowest BCUT2D eigenvalue weighted by Gasteiger charge is -2.23. The van der Waals surface area contributed by atoms with E-state index in [-0.39, 0.29) is 5.97 Å². The van der Waals surface area contributed by atoms with E-state index in [4.69, 9.17) is 4.74 Å². The van der Waals surface area contributed by atoms with Crippen molar-refractivity contribution in [3.63, 3.8) is 0 Å². The fourth-order valence-corrected chi connectivity index (χ4v) is 1.55. The van der Waals surface area contributed by atoms with Crippen molar-refractivity contribution in [1.82, 2.24) is 0 Å². The van der Waals surface area contributed by atoms with E-state index in [9.17, 15) is 9.59 Å². The largest absolute Gasteiger partial charge is 0.463 e. The molecule has 0 bridgehead atoms. The Hall–Kier alpha value is -1.84. The number of anilines is 1. The number of nitrogens with zero attached hydrogens (tertiary/aromatic N) is 1. The lowest BCUT2D eigenvalue weighted by Crippen LogP contribution is -2.30. The van der Waals surface area contributed by atoms with Crippen molar-refractivity contribution in [3.8, 4) is 0 Å². The van der Waals surface area contributed by atoms with Gasteiger partial charge in [-0.2, -0.15) is 0 Å². The molecule has 0 aromatic heterocycles. The minimum Gasteiger partial charge on any atom is -0.463 e. The molecule has 0 aliphatic heterocycles. The molecule has 1 rings (SSSR count). The molecule has 20 heavy (non-hydrogen) atoms. The van der Waals surface area contributed by atoms with Crippen LogP contribution in [0, 0.1) is 5.41 Å². The molecule has 4 heteroatoms. The van der Waals surface area contributed by atoms with Gasteiger partial charge in [0.25, 0.3) is 0 Å². The van der Waals surface area contributed by atoms with Crippen LogP contribution < -0.4 is 4.90 Å². The summed E-state index contributed by atoms with van der Waals surface area (Å²) in [5.41, 5.74) is 1.21. The molecule has 0 aliphatic rings. The van der Waals surface area contributed by atoms with Gasteiger partial charge < -0.3 is 9.64 Å². The molecule has 0 fully saturated rings. The molecule has 0 saturated carbocycles. The van der Waals surface area contributed by atoms with Crippen LogP contribution in [0.4, 0.5) is 5.69 Å². The van der Waals surface area contributed by atoms with Crippen LogP contribution in [0.15, 0.2) is 24.3 Å². The maximum Gasteiger partial charge on any atom is 0.311 e. The van der Waals surface area contributed by atoms with Gasteiger partial charge >= 0.3 is 5.97 Å². The molecule has 110 valence electrons. The lowest BCUT2D eigenvalue weighted by atomic mass is 9.91. The average molecular weight is 277 g/mol. The maximum atomic E-state index is 11.8. The molecule has 0 atom stereocenters. The molecule has 0 N–H and O–H groups in total. The number of ether oxygens (including phenoxy) is 1. The Balaban J connectivity index is 2.45. The zero-order chi connectivity index (χ0) is 15.2. The van der Waals surface area contributed by atoms with Gasteiger partial charge in [-0.15, -0.1) is 0 Å². The van der Waals surface area contributed by atoms with Crippen molar-refractivity contribution < 1.29 is 14.3 Å². The van der Waals surface area contributed by atoms with Gasteiger partial charge in [0.2, 0.25) is 0 Å². The zero-order valence-corrected chi connectivity index (χ0v) is 12.7. The molecule has 0 saturated heterocycles. The highest BCUT2D eigenvalue weighted by Gasteiger charge is 2.26. The van der Waals surface area contributed by atoms with Gasteiger partial charge in [-0.25, -0.2) is 0 Å². The maximum absolute atomic E-state index is 11.8. The smallest absolute Gasteiger partial charge is 0.311 e. The fraction of sp³-hybridized carbons (Fsp3) is 0.500. The molecule has 0 radical (unpaired) electrons. The molecule has 0 unspecified atom stereocenters. The third kappa shape index (κ3) is 4.37. The number of carbonyl (C=O) groups is 2. The monoisotopic (exact) mass is 277 g/mol. The third-order valence-electron chi connectivity index (χ3n) is 3.57. The first-order chi connectivity index (χ1) is 9.40. The quantitative estimate of drug-likeness (QED) is 0.568. The Morgan fingerprint density at radius 1 is 1.30 bits per heavy atom. The van der Waals surface area contributed by atoms with Crippen LogP contribution in [-0.2, 0) is 9.53 Å². The Morgan fingerprint density at radius 2 is 1.90 bits per heavy atom. The lowest BCUT2D eigenvalue weighted by molar-refractivity contribution is -0.153. The van der Waals surface area contributed by atoms with Crippen molar-refractivity contribution in [2.75, 3.05) is 25.1 Å². The molecular weight excluding hydrogens is 254 g/mol. The molecule has 0 spiro atoms. The first-order valence-electron chi connectivity index (χ1n) is 6.84. The zero-order valence-electron chi connectivity index (χ0n) is 12.7. The summed E-state index contributed by atoms with van der Waals surface area (Å²) in [6.45, 7) is 6.72.